The first-order valence-corrected chi connectivity index (χ1v) is 7.30. The molecule has 0 bridgehead atoms. The molecule has 24 heavy (non-hydrogen) atoms. The average molecular weight is 325 g/mol. The van der Waals surface area contributed by atoms with Crippen molar-refractivity contribution in [3.8, 4) is 0 Å². The fourth-order valence-corrected chi connectivity index (χ4v) is 2.70. The summed E-state index contributed by atoms with van der Waals surface area (Å²) in [5, 5.41) is 10.8. The Morgan fingerprint density at radius 3 is 1.88 bits per heavy atom. The molecule has 0 saturated heterocycles. The van der Waals surface area contributed by atoms with Gasteiger partial charge in [0.25, 0.3) is 5.69 Å². The van der Waals surface area contributed by atoms with Gasteiger partial charge in [0.2, 0.25) is 0 Å². The molecule has 0 saturated carbocycles. The predicted octanol–water partition coefficient (Wildman–Crippen LogP) is 5.05. The van der Waals surface area contributed by atoms with E-state index < -0.39 is 10.8 Å². The molecule has 120 valence electrons. The molecule has 0 radical (unpaired) electrons. The van der Waals surface area contributed by atoms with Gasteiger partial charge in [-0.25, -0.2) is 8.78 Å². The molecule has 0 fully saturated rings. The summed E-state index contributed by atoms with van der Waals surface area (Å²) in [5.74, 6) is -1.24. The van der Waals surface area contributed by atoms with Crippen LogP contribution in [0.5, 0.6) is 0 Å². The van der Waals surface area contributed by atoms with Crippen LogP contribution >= 0.6 is 0 Å². The summed E-state index contributed by atoms with van der Waals surface area (Å²) in [6.07, 6.45) is 0. The summed E-state index contributed by atoms with van der Waals surface area (Å²) < 4.78 is 27.5. The highest BCUT2D eigenvalue weighted by molar-refractivity contribution is 5.46. The molecule has 3 nitrogen and oxygen atoms in total. The zero-order valence-electron chi connectivity index (χ0n) is 12.5. The van der Waals surface area contributed by atoms with Crippen LogP contribution in [-0.4, -0.2) is 4.92 Å². The Labute approximate surface area is 137 Å². The molecule has 1 atom stereocenters. The number of benzene rings is 3. The lowest BCUT2D eigenvalue weighted by molar-refractivity contribution is -0.384. The van der Waals surface area contributed by atoms with Crippen LogP contribution in [0.3, 0.4) is 0 Å². The van der Waals surface area contributed by atoms with Crippen LogP contribution in [0, 0.1) is 21.7 Å². The second kappa shape index (κ2) is 6.58. The third-order valence-electron chi connectivity index (χ3n) is 3.86. The summed E-state index contributed by atoms with van der Waals surface area (Å²) in [6.45, 7) is 0. The van der Waals surface area contributed by atoms with Crippen LogP contribution in [0.4, 0.5) is 14.5 Å². The molecule has 5 heteroatoms. The SMILES string of the molecule is O=[N+]([O-])c1ccc(C(c2ccc(F)cc2)c2ccccc2F)cc1. The minimum atomic E-state index is -0.486. The van der Waals surface area contributed by atoms with Crippen molar-refractivity contribution in [3.05, 3.63) is 111 Å². The van der Waals surface area contributed by atoms with Gasteiger partial charge in [-0.05, 0) is 34.9 Å². The molecule has 0 N–H and O–H groups in total. The monoisotopic (exact) mass is 325 g/mol. The van der Waals surface area contributed by atoms with Gasteiger partial charge in [0.1, 0.15) is 11.6 Å². The van der Waals surface area contributed by atoms with Gasteiger partial charge in [0.05, 0.1) is 4.92 Å². The molecule has 0 aromatic heterocycles. The van der Waals surface area contributed by atoms with E-state index in [1.165, 1.54) is 30.3 Å². The maximum atomic E-state index is 14.3. The first-order chi connectivity index (χ1) is 11.6. The van der Waals surface area contributed by atoms with Gasteiger partial charge in [-0.2, -0.15) is 0 Å². The number of non-ortho nitro benzene ring substituents is 1. The number of hydrogen-bond acceptors (Lipinski definition) is 2. The van der Waals surface area contributed by atoms with Crippen molar-refractivity contribution < 1.29 is 13.7 Å². The van der Waals surface area contributed by atoms with Crippen LogP contribution < -0.4 is 0 Å². The van der Waals surface area contributed by atoms with Crippen molar-refractivity contribution in [3.63, 3.8) is 0 Å². The highest BCUT2D eigenvalue weighted by Crippen LogP contribution is 2.34. The molecule has 0 aliphatic carbocycles. The number of halogens is 2. The Morgan fingerprint density at radius 2 is 1.33 bits per heavy atom. The summed E-state index contributed by atoms with van der Waals surface area (Å²) in [5.41, 5.74) is 1.79. The van der Waals surface area contributed by atoms with Gasteiger partial charge in [0, 0.05) is 18.1 Å². The first kappa shape index (κ1) is 15.8. The zero-order chi connectivity index (χ0) is 17.1. The second-order valence-corrected chi connectivity index (χ2v) is 5.35. The Hall–Kier alpha value is -3.08. The molecule has 0 aliphatic heterocycles. The maximum absolute atomic E-state index is 14.3. The van der Waals surface area contributed by atoms with E-state index in [1.54, 1.807) is 42.5 Å². The Morgan fingerprint density at radius 1 is 0.792 bits per heavy atom. The standard InChI is InChI=1S/C19H13F2NO2/c20-15-9-5-13(6-10-15)19(17-3-1-2-4-18(17)21)14-7-11-16(12-8-14)22(23)24/h1-12,19H. The van der Waals surface area contributed by atoms with Crippen molar-refractivity contribution in [1.29, 1.82) is 0 Å². The normalized spacial score (nSPS) is 11.9. The Kier molecular flexibility index (Phi) is 4.33. The van der Waals surface area contributed by atoms with E-state index in [2.05, 4.69) is 0 Å². The van der Waals surface area contributed by atoms with E-state index >= 15 is 0 Å². The largest absolute Gasteiger partial charge is 0.269 e. The molecule has 0 amide bonds. The van der Waals surface area contributed by atoms with Crippen LogP contribution in [0.15, 0.2) is 72.8 Å². The van der Waals surface area contributed by atoms with Crippen molar-refractivity contribution in [2.75, 3.05) is 0 Å². The molecule has 1 unspecified atom stereocenters. The summed E-state index contributed by atoms with van der Waals surface area (Å²) >= 11 is 0. The van der Waals surface area contributed by atoms with Gasteiger partial charge in [-0.1, -0.05) is 42.5 Å². The number of nitro benzene ring substituents is 1. The predicted molar refractivity (Wildman–Crippen MR) is 86.8 cm³/mol. The molecule has 0 spiro atoms. The lowest BCUT2D eigenvalue weighted by Gasteiger charge is -2.19. The molecule has 3 rings (SSSR count). The smallest absolute Gasteiger partial charge is 0.258 e. The Bertz CT molecular complexity index is 861. The molecule has 0 aliphatic rings. The van der Waals surface area contributed by atoms with Crippen molar-refractivity contribution >= 4 is 5.69 Å². The average Bonchev–Trinajstić information content (AvgIpc) is 2.59. The molecule has 0 heterocycles. The first-order valence-electron chi connectivity index (χ1n) is 7.30. The van der Waals surface area contributed by atoms with Crippen LogP contribution in [0.25, 0.3) is 0 Å². The zero-order valence-corrected chi connectivity index (χ0v) is 12.5. The fraction of sp³-hybridized carbons (Fsp3) is 0.0526. The summed E-state index contributed by atoms with van der Waals surface area (Å²) in [4.78, 5) is 10.3. The number of hydrogen-bond donors (Lipinski definition) is 0. The minimum Gasteiger partial charge on any atom is -0.258 e. The van der Waals surface area contributed by atoms with Crippen LogP contribution in [0.1, 0.15) is 22.6 Å². The minimum absolute atomic E-state index is 0.0369. The van der Waals surface area contributed by atoms with E-state index in [9.17, 15) is 18.9 Å². The van der Waals surface area contributed by atoms with Gasteiger partial charge >= 0.3 is 0 Å². The quantitative estimate of drug-likeness (QED) is 0.382. The topological polar surface area (TPSA) is 43.1 Å². The van der Waals surface area contributed by atoms with Crippen molar-refractivity contribution in [2.45, 2.75) is 5.92 Å². The van der Waals surface area contributed by atoms with E-state index in [4.69, 9.17) is 0 Å². The van der Waals surface area contributed by atoms with E-state index in [0.717, 1.165) is 0 Å². The van der Waals surface area contributed by atoms with Gasteiger partial charge < -0.3 is 0 Å². The van der Waals surface area contributed by atoms with Crippen LogP contribution in [0.2, 0.25) is 0 Å². The van der Waals surface area contributed by atoms with Gasteiger partial charge in [-0.3, -0.25) is 10.1 Å². The highest BCUT2D eigenvalue weighted by atomic mass is 19.1. The Balaban J connectivity index is 2.13. The van der Waals surface area contributed by atoms with Crippen molar-refractivity contribution in [1.82, 2.24) is 0 Å². The molecular formula is C19H13F2NO2. The molecule has 3 aromatic carbocycles. The van der Waals surface area contributed by atoms with Crippen LogP contribution in [-0.2, 0) is 0 Å². The van der Waals surface area contributed by atoms with Gasteiger partial charge in [0.15, 0.2) is 0 Å². The van der Waals surface area contributed by atoms with E-state index in [0.29, 0.717) is 16.7 Å². The highest BCUT2D eigenvalue weighted by Gasteiger charge is 2.20. The lowest BCUT2D eigenvalue weighted by atomic mass is 9.85. The molecule has 3 aromatic rings. The third kappa shape index (κ3) is 3.15. The van der Waals surface area contributed by atoms with E-state index in [1.807, 2.05) is 0 Å². The molecular weight excluding hydrogens is 312 g/mol. The third-order valence-corrected chi connectivity index (χ3v) is 3.86. The summed E-state index contributed by atoms with van der Waals surface area (Å²) in [7, 11) is 0. The second-order valence-electron chi connectivity index (χ2n) is 5.35. The number of nitro groups is 1. The maximum Gasteiger partial charge on any atom is 0.269 e. The fourth-order valence-electron chi connectivity index (χ4n) is 2.70. The van der Waals surface area contributed by atoms with Gasteiger partial charge in [-0.15, -0.1) is 0 Å². The number of rotatable bonds is 4. The van der Waals surface area contributed by atoms with Crippen molar-refractivity contribution in [2.24, 2.45) is 0 Å². The lowest BCUT2D eigenvalue weighted by Crippen LogP contribution is -2.06. The summed E-state index contributed by atoms with van der Waals surface area (Å²) in [6, 6.07) is 18.1. The number of nitrogens with zero attached hydrogens (tertiary/aromatic N) is 1. The van der Waals surface area contributed by atoms with E-state index in [-0.39, 0.29) is 17.3 Å².